The van der Waals surface area contributed by atoms with Crippen LogP contribution < -0.4 is 5.73 Å². The summed E-state index contributed by atoms with van der Waals surface area (Å²) in [5.41, 5.74) is 6.57. The molecule has 1 aromatic carbocycles. The van der Waals surface area contributed by atoms with E-state index < -0.39 is 5.82 Å². The van der Waals surface area contributed by atoms with Crippen molar-refractivity contribution in [2.24, 2.45) is 5.73 Å². The van der Waals surface area contributed by atoms with Crippen LogP contribution in [0, 0.1) is 5.82 Å². The Morgan fingerprint density at radius 2 is 2.19 bits per heavy atom. The molecular weight excluding hydrogens is 231 g/mol. The van der Waals surface area contributed by atoms with E-state index in [0.717, 1.165) is 31.1 Å². The van der Waals surface area contributed by atoms with Crippen molar-refractivity contribution in [3.8, 4) is 5.75 Å². The van der Waals surface area contributed by atoms with Gasteiger partial charge in [0.1, 0.15) is 11.6 Å². The molecule has 1 fully saturated rings. The summed E-state index contributed by atoms with van der Waals surface area (Å²) in [4.78, 5) is 2.17. The number of hydrogen-bond acceptors (Lipinski definition) is 3. The van der Waals surface area contributed by atoms with Crippen LogP contribution in [0.15, 0.2) is 18.2 Å². The minimum absolute atomic E-state index is 0. The Balaban J connectivity index is 0.00000128. The molecule has 2 rings (SSSR count). The fourth-order valence-electron chi connectivity index (χ4n) is 1.99. The van der Waals surface area contributed by atoms with E-state index in [-0.39, 0.29) is 24.2 Å². The number of likely N-dealkylation sites (tertiary alicyclic amines) is 1. The number of hydrogen-bond donors (Lipinski definition) is 2. The van der Waals surface area contributed by atoms with E-state index in [1.54, 1.807) is 6.07 Å². The second kappa shape index (κ2) is 5.48. The van der Waals surface area contributed by atoms with Crippen molar-refractivity contribution in [2.75, 3.05) is 13.1 Å². The van der Waals surface area contributed by atoms with Crippen molar-refractivity contribution in [3.63, 3.8) is 0 Å². The van der Waals surface area contributed by atoms with Crippen LogP contribution in [-0.4, -0.2) is 29.1 Å². The second-order valence-corrected chi connectivity index (χ2v) is 4.10. The lowest BCUT2D eigenvalue weighted by Gasteiger charge is -2.15. The fourth-order valence-corrected chi connectivity index (χ4v) is 1.99. The summed E-state index contributed by atoms with van der Waals surface area (Å²) in [5.74, 6) is -0.415. The summed E-state index contributed by atoms with van der Waals surface area (Å²) in [7, 11) is 0. The van der Waals surface area contributed by atoms with Crippen LogP contribution in [0.2, 0.25) is 0 Å². The molecular formula is C11H16ClFN2O. The number of rotatable bonds is 2. The zero-order valence-electron chi connectivity index (χ0n) is 8.90. The highest BCUT2D eigenvalue weighted by atomic mass is 35.5. The van der Waals surface area contributed by atoms with Gasteiger partial charge in [-0.3, -0.25) is 4.90 Å². The minimum atomic E-state index is -0.395. The first-order valence-corrected chi connectivity index (χ1v) is 5.10. The third-order valence-corrected chi connectivity index (χ3v) is 2.66. The lowest BCUT2D eigenvalue weighted by Crippen LogP contribution is -2.26. The summed E-state index contributed by atoms with van der Waals surface area (Å²) < 4.78 is 13.0. The molecule has 3 N–H and O–H groups in total. The first kappa shape index (κ1) is 13.2. The van der Waals surface area contributed by atoms with Gasteiger partial charge in [0.2, 0.25) is 0 Å². The van der Waals surface area contributed by atoms with Crippen LogP contribution in [0.3, 0.4) is 0 Å². The highest BCUT2D eigenvalue weighted by Gasteiger charge is 2.19. The minimum Gasteiger partial charge on any atom is -0.508 e. The van der Waals surface area contributed by atoms with Crippen molar-refractivity contribution in [1.82, 2.24) is 4.90 Å². The highest BCUT2D eigenvalue weighted by Crippen LogP contribution is 2.18. The number of aromatic hydroxyl groups is 1. The second-order valence-electron chi connectivity index (χ2n) is 4.10. The topological polar surface area (TPSA) is 49.5 Å². The van der Waals surface area contributed by atoms with Gasteiger partial charge in [-0.15, -0.1) is 12.4 Å². The summed E-state index contributed by atoms with van der Waals surface area (Å²) >= 11 is 0. The van der Waals surface area contributed by atoms with E-state index >= 15 is 0 Å². The van der Waals surface area contributed by atoms with E-state index in [9.17, 15) is 9.50 Å². The number of phenolic OH excluding ortho intramolecular Hbond substituents is 1. The van der Waals surface area contributed by atoms with Gasteiger partial charge in [0.05, 0.1) is 0 Å². The highest BCUT2D eigenvalue weighted by molar-refractivity contribution is 5.85. The maximum atomic E-state index is 13.0. The molecule has 1 aromatic rings. The molecule has 1 heterocycles. The molecule has 0 bridgehead atoms. The number of phenols is 1. The largest absolute Gasteiger partial charge is 0.508 e. The average molecular weight is 247 g/mol. The van der Waals surface area contributed by atoms with E-state index in [0.29, 0.717) is 6.54 Å². The van der Waals surface area contributed by atoms with E-state index in [1.165, 1.54) is 6.07 Å². The average Bonchev–Trinajstić information content (AvgIpc) is 2.49. The van der Waals surface area contributed by atoms with Crippen LogP contribution in [0.1, 0.15) is 12.0 Å². The fraction of sp³-hybridized carbons (Fsp3) is 0.455. The van der Waals surface area contributed by atoms with Crippen molar-refractivity contribution >= 4 is 12.4 Å². The molecule has 5 heteroatoms. The van der Waals surface area contributed by atoms with Gasteiger partial charge in [0.15, 0.2) is 0 Å². The van der Waals surface area contributed by atoms with Crippen LogP contribution in [0.25, 0.3) is 0 Å². The molecule has 0 aliphatic carbocycles. The van der Waals surface area contributed by atoms with Gasteiger partial charge in [-0.2, -0.15) is 0 Å². The third kappa shape index (κ3) is 3.33. The lowest BCUT2D eigenvalue weighted by atomic mass is 10.2. The normalized spacial score (nSPS) is 20.8. The van der Waals surface area contributed by atoms with E-state index in [1.807, 2.05) is 0 Å². The van der Waals surface area contributed by atoms with Crippen LogP contribution in [0.5, 0.6) is 5.75 Å². The Hall–Kier alpha value is -0.840. The Morgan fingerprint density at radius 1 is 1.44 bits per heavy atom. The molecule has 0 spiro atoms. The van der Waals surface area contributed by atoms with Crippen molar-refractivity contribution in [3.05, 3.63) is 29.6 Å². The van der Waals surface area contributed by atoms with E-state index in [2.05, 4.69) is 4.90 Å². The Kier molecular flexibility index (Phi) is 4.53. The van der Waals surface area contributed by atoms with Gasteiger partial charge in [-0.05, 0) is 24.1 Å². The molecule has 1 aliphatic heterocycles. The zero-order chi connectivity index (χ0) is 10.8. The molecule has 1 atom stereocenters. The van der Waals surface area contributed by atoms with Gasteiger partial charge in [-0.25, -0.2) is 4.39 Å². The number of nitrogens with two attached hydrogens (primary N) is 1. The lowest BCUT2D eigenvalue weighted by molar-refractivity contribution is 0.325. The maximum Gasteiger partial charge on any atom is 0.127 e. The number of halogens is 2. The van der Waals surface area contributed by atoms with Crippen molar-refractivity contribution in [1.29, 1.82) is 0 Å². The van der Waals surface area contributed by atoms with Gasteiger partial charge in [0, 0.05) is 31.7 Å². The molecule has 3 nitrogen and oxygen atoms in total. The first-order chi connectivity index (χ1) is 7.13. The molecule has 0 amide bonds. The molecule has 0 unspecified atom stereocenters. The predicted octanol–water partition coefficient (Wildman–Crippen LogP) is 1.49. The summed E-state index contributed by atoms with van der Waals surface area (Å²) in [6.45, 7) is 2.44. The SMILES string of the molecule is Cl.N[C@H]1CCN(Cc2cc(O)cc(F)c2)C1. The molecule has 90 valence electrons. The van der Waals surface area contributed by atoms with Crippen molar-refractivity contribution < 1.29 is 9.50 Å². The molecule has 1 aliphatic rings. The molecule has 0 aromatic heterocycles. The van der Waals surface area contributed by atoms with Gasteiger partial charge < -0.3 is 10.8 Å². The first-order valence-electron chi connectivity index (χ1n) is 5.10. The van der Waals surface area contributed by atoms with E-state index in [4.69, 9.17) is 5.73 Å². The number of benzene rings is 1. The quantitative estimate of drug-likeness (QED) is 0.831. The Bertz CT molecular complexity index is 342. The maximum absolute atomic E-state index is 13.0. The van der Waals surface area contributed by atoms with Crippen LogP contribution in [-0.2, 0) is 6.54 Å². The molecule has 0 saturated carbocycles. The van der Waals surface area contributed by atoms with Crippen LogP contribution >= 0.6 is 12.4 Å². The van der Waals surface area contributed by atoms with Crippen LogP contribution in [0.4, 0.5) is 4.39 Å². The van der Waals surface area contributed by atoms with Crippen molar-refractivity contribution in [2.45, 2.75) is 19.0 Å². The summed E-state index contributed by atoms with van der Waals surface area (Å²) in [5, 5.41) is 9.24. The third-order valence-electron chi connectivity index (χ3n) is 2.66. The smallest absolute Gasteiger partial charge is 0.127 e. The summed E-state index contributed by atoms with van der Waals surface area (Å²) in [6, 6.07) is 4.38. The number of nitrogens with zero attached hydrogens (tertiary/aromatic N) is 1. The van der Waals surface area contributed by atoms with Gasteiger partial charge in [0.25, 0.3) is 0 Å². The Labute approximate surface area is 100 Å². The molecule has 1 saturated heterocycles. The molecule has 16 heavy (non-hydrogen) atoms. The monoisotopic (exact) mass is 246 g/mol. The predicted molar refractivity (Wildman–Crippen MR) is 63.2 cm³/mol. The summed E-state index contributed by atoms with van der Waals surface area (Å²) in [6.07, 6.45) is 0.987. The zero-order valence-corrected chi connectivity index (χ0v) is 9.71. The Morgan fingerprint density at radius 3 is 2.75 bits per heavy atom. The van der Waals surface area contributed by atoms with Gasteiger partial charge in [-0.1, -0.05) is 0 Å². The molecule has 0 radical (unpaired) electrons. The standard InChI is InChI=1S/C11H15FN2O.ClH/c12-9-3-8(4-11(15)5-9)6-14-2-1-10(13)7-14;/h3-5,10,15H,1-2,6-7,13H2;1H/t10-;/m0./s1. The van der Waals surface area contributed by atoms with Gasteiger partial charge >= 0.3 is 0 Å².